The molecule has 0 fully saturated rings. The lowest BCUT2D eigenvalue weighted by molar-refractivity contribution is -0.705. The van der Waals surface area contributed by atoms with Crippen LogP contribution in [-0.2, 0) is 4.79 Å². The SMILES string of the molecule is CC(=O)c1ccc[n+]([C@@H](C)C(=O)Nc2c(Cl)cc(Cl)cc2Cl)c1. The van der Waals surface area contributed by atoms with Gasteiger partial charge in [-0.15, -0.1) is 0 Å². The number of benzene rings is 1. The van der Waals surface area contributed by atoms with Crippen molar-refractivity contribution < 1.29 is 14.2 Å². The number of nitrogens with zero attached hydrogens (tertiary/aromatic N) is 1. The van der Waals surface area contributed by atoms with E-state index in [1.807, 2.05) is 0 Å². The van der Waals surface area contributed by atoms with Gasteiger partial charge in [-0.3, -0.25) is 9.59 Å². The number of hydrogen-bond acceptors (Lipinski definition) is 2. The normalized spacial score (nSPS) is 11.9. The highest BCUT2D eigenvalue weighted by molar-refractivity contribution is 6.42. The number of amides is 1. The zero-order valence-electron chi connectivity index (χ0n) is 12.4. The van der Waals surface area contributed by atoms with E-state index in [1.54, 1.807) is 36.0 Å². The van der Waals surface area contributed by atoms with Gasteiger partial charge < -0.3 is 5.32 Å². The number of rotatable bonds is 4. The number of pyridine rings is 1. The molecule has 1 amide bonds. The Morgan fingerprint density at radius 3 is 2.35 bits per heavy atom. The molecule has 1 N–H and O–H groups in total. The summed E-state index contributed by atoms with van der Waals surface area (Å²) in [7, 11) is 0. The van der Waals surface area contributed by atoms with E-state index < -0.39 is 6.04 Å². The Bertz CT molecular complexity index is 755. The third kappa shape index (κ3) is 4.22. The van der Waals surface area contributed by atoms with Crippen molar-refractivity contribution in [3.8, 4) is 0 Å². The van der Waals surface area contributed by atoms with E-state index in [2.05, 4.69) is 5.32 Å². The number of halogens is 3. The molecular formula is C16H14Cl3N2O2+. The molecular weight excluding hydrogens is 359 g/mol. The average molecular weight is 373 g/mol. The summed E-state index contributed by atoms with van der Waals surface area (Å²) in [6, 6.07) is 5.84. The Hall–Kier alpha value is -1.62. The fourth-order valence-electron chi connectivity index (χ4n) is 1.97. The van der Waals surface area contributed by atoms with Crippen LogP contribution in [0.1, 0.15) is 30.2 Å². The fourth-order valence-corrected chi connectivity index (χ4v) is 2.88. The van der Waals surface area contributed by atoms with Gasteiger partial charge in [0.15, 0.2) is 18.2 Å². The number of hydrogen-bond donors (Lipinski definition) is 1. The molecule has 0 aliphatic heterocycles. The number of anilines is 1. The Kier molecular flexibility index (Phi) is 5.63. The minimum absolute atomic E-state index is 0.0734. The molecule has 0 saturated heterocycles. The van der Waals surface area contributed by atoms with Crippen molar-refractivity contribution in [2.45, 2.75) is 19.9 Å². The van der Waals surface area contributed by atoms with Crippen molar-refractivity contribution in [1.82, 2.24) is 0 Å². The predicted molar refractivity (Wildman–Crippen MR) is 91.5 cm³/mol. The maximum absolute atomic E-state index is 12.4. The van der Waals surface area contributed by atoms with Gasteiger partial charge in [-0.2, -0.15) is 4.57 Å². The first-order chi connectivity index (χ1) is 10.8. The van der Waals surface area contributed by atoms with Gasteiger partial charge in [0.25, 0.3) is 5.91 Å². The van der Waals surface area contributed by atoms with Gasteiger partial charge >= 0.3 is 0 Å². The standard InChI is InChI=1S/C16H13Cl3N2O2/c1-9(21-5-3-4-11(8-21)10(2)22)16(23)20-15-13(18)6-12(17)7-14(15)19/h3-9H,1-2H3/p+1/t9-/m0/s1. The summed E-state index contributed by atoms with van der Waals surface area (Å²) in [5, 5.41) is 3.58. The number of carbonyl (C=O) groups is 2. The molecule has 0 spiro atoms. The minimum Gasteiger partial charge on any atom is -0.318 e. The Morgan fingerprint density at radius 2 is 1.78 bits per heavy atom. The molecule has 4 nitrogen and oxygen atoms in total. The van der Waals surface area contributed by atoms with Crippen LogP contribution in [0.3, 0.4) is 0 Å². The molecule has 1 heterocycles. The Labute approximate surface area is 149 Å². The van der Waals surface area contributed by atoms with Crippen LogP contribution in [0, 0.1) is 0 Å². The van der Waals surface area contributed by atoms with Crippen molar-refractivity contribution in [1.29, 1.82) is 0 Å². The van der Waals surface area contributed by atoms with Crippen LogP contribution >= 0.6 is 34.8 Å². The number of nitrogens with one attached hydrogen (secondary N) is 1. The second kappa shape index (κ2) is 7.30. The van der Waals surface area contributed by atoms with Crippen molar-refractivity contribution in [2.75, 3.05) is 5.32 Å². The second-order valence-corrected chi connectivity index (χ2v) is 6.26. The molecule has 0 unspecified atom stereocenters. The number of ketones is 1. The number of aromatic nitrogens is 1. The monoisotopic (exact) mass is 371 g/mol. The quantitative estimate of drug-likeness (QED) is 0.641. The minimum atomic E-state index is -0.558. The largest absolute Gasteiger partial charge is 0.318 e. The van der Waals surface area contributed by atoms with Gasteiger partial charge in [0, 0.05) is 18.0 Å². The van der Waals surface area contributed by atoms with Crippen LogP contribution in [0.2, 0.25) is 15.1 Å². The molecule has 0 saturated carbocycles. The molecule has 0 aliphatic carbocycles. The smallest absolute Gasteiger partial charge is 0.293 e. The maximum Gasteiger partial charge on any atom is 0.293 e. The third-order valence-corrected chi connectivity index (χ3v) is 4.12. The lowest BCUT2D eigenvalue weighted by atomic mass is 10.2. The molecule has 23 heavy (non-hydrogen) atoms. The summed E-state index contributed by atoms with van der Waals surface area (Å²) < 4.78 is 1.64. The highest BCUT2D eigenvalue weighted by atomic mass is 35.5. The van der Waals surface area contributed by atoms with Crippen LogP contribution in [-0.4, -0.2) is 11.7 Å². The first-order valence-electron chi connectivity index (χ1n) is 6.76. The summed E-state index contributed by atoms with van der Waals surface area (Å²) in [5.41, 5.74) is 0.826. The lowest BCUT2D eigenvalue weighted by Gasteiger charge is -2.12. The van der Waals surface area contributed by atoms with Gasteiger partial charge in [0.2, 0.25) is 6.04 Å². The highest BCUT2D eigenvalue weighted by Gasteiger charge is 2.24. The molecule has 2 rings (SSSR count). The van der Waals surface area contributed by atoms with Crippen molar-refractivity contribution in [3.05, 3.63) is 57.3 Å². The van der Waals surface area contributed by atoms with Crippen molar-refractivity contribution in [3.63, 3.8) is 0 Å². The zero-order chi connectivity index (χ0) is 17.1. The molecule has 120 valence electrons. The van der Waals surface area contributed by atoms with Crippen LogP contribution in [0.15, 0.2) is 36.7 Å². The Balaban J connectivity index is 2.24. The molecule has 0 bridgehead atoms. The van der Waals surface area contributed by atoms with E-state index in [0.717, 1.165) is 0 Å². The molecule has 2 aromatic rings. The lowest BCUT2D eigenvalue weighted by Crippen LogP contribution is -2.44. The molecule has 7 heteroatoms. The number of carbonyl (C=O) groups excluding carboxylic acids is 2. The van der Waals surface area contributed by atoms with Gasteiger partial charge in [-0.1, -0.05) is 34.8 Å². The van der Waals surface area contributed by atoms with E-state index in [9.17, 15) is 9.59 Å². The second-order valence-electron chi connectivity index (χ2n) is 5.01. The van der Waals surface area contributed by atoms with E-state index in [1.165, 1.54) is 19.1 Å². The molecule has 1 atom stereocenters. The predicted octanol–water partition coefficient (Wildman–Crippen LogP) is 4.34. The summed E-state index contributed by atoms with van der Waals surface area (Å²) >= 11 is 18.0. The molecule has 0 aliphatic rings. The van der Waals surface area contributed by atoms with E-state index in [-0.39, 0.29) is 21.7 Å². The first-order valence-corrected chi connectivity index (χ1v) is 7.90. The first kappa shape index (κ1) is 17.7. The van der Waals surface area contributed by atoms with Crippen LogP contribution in [0.4, 0.5) is 5.69 Å². The summed E-state index contributed by atoms with van der Waals surface area (Å²) in [4.78, 5) is 23.9. The summed E-state index contributed by atoms with van der Waals surface area (Å²) in [6.07, 6.45) is 3.33. The Morgan fingerprint density at radius 1 is 1.17 bits per heavy atom. The highest BCUT2D eigenvalue weighted by Crippen LogP contribution is 2.33. The number of Topliss-reactive ketones (excluding diaryl/α,β-unsaturated/α-hetero) is 1. The topological polar surface area (TPSA) is 50.0 Å². The average Bonchev–Trinajstić information content (AvgIpc) is 2.50. The van der Waals surface area contributed by atoms with E-state index >= 15 is 0 Å². The van der Waals surface area contributed by atoms with Gasteiger partial charge in [-0.25, -0.2) is 0 Å². The van der Waals surface area contributed by atoms with Crippen LogP contribution < -0.4 is 9.88 Å². The third-order valence-electron chi connectivity index (χ3n) is 3.31. The summed E-state index contributed by atoms with van der Waals surface area (Å²) in [5.74, 6) is -0.391. The molecule has 1 aromatic heterocycles. The molecule has 1 aromatic carbocycles. The fraction of sp³-hybridized carbons (Fsp3) is 0.188. The van der Waals surface area contributed by atoms with Crippen LogP contribution in [0.5, 0.6) is 0 Å². The van der Waals surface area contributed by atoms with E-state index in [4.69, 9.17) is 34.8 Å². The maximum atomic E-state index is 12.4. The zero-order valence-corrected chi connectivity index (χ0v) is 14.7. The van der Waals surface area contributed by atoms with Gasteiger partial charge in [0.05, 0.1) is 21.3 Å². The van der Waals surface area contributed by atoms with Crippen LogP contribution in [0.25, 0.3) is 0 Å². The summed E-state index contributed by atoms with van der Waals surface area (Å²) in [6.45, 7) is 3.18. The molecule has 0 radical (unpaired) electrons. The van der Waals surface area contributed by atoms with Gasteiger partial charge in [-0.05, 0) is 25.1 Å². The van der Waals surface area contributed by atoms with Crippen molar-refractivity contribution >= 4 is 52.2 Å². The van der Waals surface area contributed by atoms with E-state index in [0.29, 0.717) is 16.3 Å². The van der Waals surface area contributed by atoms with Crippen molar-refractivity contribution in [2.24, 2.45) is 0 Å². The van der Waals surface area contributed by atoms with Gasteiger partial charge in [0.1, 0.15) is 0 Å².